The molecule has 14 heteroatoms. The fraction of sp³-hybridized carbons (Fsp3) is 0.579. The fourth-order valence-electron chi connectivity index (χ4n) is 12.2. The molecule has 14 nitrogen and oxygen atoms in total. The molecule has 1 unspecified atom stereocenters. The first kappa shape index (κ1) is 32.6. The molecule has 2 aromatic rings. The van der Waals surface area contributed by atoms with Crippen LogP contribution in [0.4, 0.5) is 0 Å². The summed E-state index contributed by atoms with van der Waals surface area (Å²) in [4.78, 5) is 55.5. The zero-order valence-electron chi connectivity index (χ0n) is 29.1. The normalized spacial score (nSPS) is 49.8. The summed E-state index contributed by atoms with van der Waals surface area (Å²) in [5, 5.41) is 25.9. The zero-order chi connectivity index (χ0) is 36.6. The van der Waals surface area contributed by atoms with Gasteiger partial charge in [-0.15, -0.1) is 0 Å². The molecule has 1 aromatic heterocycles. The molecule has 2 N–H and O–H groups in total. The Morgan fingerprint density at radius 1 is 0.981 bits per heavy atom. The maximum atomic E-state index is 14.1. The maximum absolute atomic E-state index is 14.1. The standard InChI is InChI=1S/C38H38O14/c1-18(2)27(41)48-30-36(44)29(43)31(3)17-35(36)38(21(31)13-25(40)49-38)34-15-23(46-28(42)19-9-7-6-8-10-19)32(4)22(37(30,34)52-33(5,50-34)51-35)14-24(39)47-26(32)20-11-12-45-16-20/h6-12,14,16,18,21,23,26,29-30,43-44H,13,15,17H2,1-5H3/t21-,23-,26-,29-,30+,31-,32-,33?,34+,35-,36-,37+,38+/m0/s1. The van der Waals surface area contributed by atoms with Gasteiger partial charge in [0.1, 0.15) is 12.2 Å². The van der Waals surface area contributed by atoms with E-state index in [-0.39, 0.29) is 30.4 Å². The molecule has 1 aromatic carbocycles. The predicted octanol–water partition coefficient (Wildman–Crippen LogP) is 2.81. The molecule has 4 bridgehead atoms. The smallest absolute Gasteiger partial charge is 0.338 e. The lowest BCUT2D eigenvalue weighted by atomic mass is 9.38. The SMILES string of the molecule is CC(C)C(=O)O[C@@H]1[C@@]2(O)[C@@H](O)[C@@]3(C)C[C@]24OC2(C)O[C@@]5(C[C@H](OC(=O)c6ccccc6)[C@]6(C)C(=CC(=O)O[C@H]6c6ccoc6)[C@@]15O2)[C@@]41OC(=O)C[C@@H]31. The lowest BCUT2D eigenvalue weighted by molar-refractivity contribution is -0.482. The number of carbonyl (C=O) groups is 4. The predicted molar refractivity (Wildman–Crippen MR) is 169 cm³/mol. The first-order valence-corrected chi connectivity index (χ1v) is 17.6. The summed E-state index contributed by atoms with van der Waals surface area (Å²) in [6.45, 7) is 8.20. The van der Waals surface area contributed by atoms with Crippen molar-refractivity contribution in [3.8, 4) is 0 Å². The topological polar surface area (TPSA) is 186 Å². The highest BCUT2D eigenvalue weighted by atomic mass is 16.9. The minimum Gasteiger partial charge on any atom is -0.472 e. The number of furan rings is 1. The van der Waals surface area contributed by atoms with Crippen LogP contribution in [0.3, 0.4) is 0 Å². The van der Waals surface area contributed by atoms with Crippen LogP contribution in [0, 0.1) is 22.7 Å². The zero-order valence-corrected chi connectivity index (χ0v) is 29.1. The van der Waals surface area contributed by atoms with Gasteiger partial charge in [0, 0.05) is 36.3 Å². The summed E-state index contributed by atoms with van der Waals surface area (Å²) >= 11 is 0. The van der Waals surface area contributed by atoms with Crippen LogP contribution in [0.15, 0.2) is 65.0 Å². The van der Waals surface area contributed by atoms with Crippen molar-refractivity contribution in [3.05, 3.63) is 71.7 Å². The molecule has 52 heavy (non-hydrogen) atoms. The van der Waals surface area contributed by atoms with E-state index < -0.39 is 105 Å². The van der Waals surface area contributed by atoms with Crippen LogP contribution in [-0.4, -0.2) is 86.4 Å². The number of aliphatic hydroxyl groups is 2. The Labute approximate surface area is 297 Å². The number of fused-ring (bicyclic) bond motifs is 4. The summed E-state index contributed by atoms with van der Waals surface area (Å²) in [6, 6.07) is 9.98. The lowest BCUT2D eigenvalue weighted by Gasteiger charge is -2.74. The third kappa shape index (κ3) is 3.10. The summed E-state index contributed by atoms with van der Waals surface area (Å²) < 4.78 is 51.7. The number of aliphatic hydroxyl groups excluding tert-OH is 1. The van der Waals surface area contributed by atoms with E-state index in [9.17, 15) is 29.4 Å². The highest BCUT2D eigenvalue weighted by molar-refractivity contribution is 5.90. The Kier molecular flexibility index (Phi) is 5.85. The molecule has 3 saturated heterocycles. The molecule has 3 spiro atoms. The second-order valence-corrected chi connectivity index (χ2v) is 16.6. The minimum absolute atomic E-state index is 0.0179. The van der Waals surface area contributed by atoms with Crippen molar-refractivity contribution in [2.45, 2.75) is 112 Å². The van der Waals surface area contributed by atoms with Gasteiger partial charge < -0.3 is 47.8 Å². The van der Waals surface area contributed by atoms with E-state index in [0.717, 1.165) is 0 Å². The van der Waals surface area contributed by atoms with Gasteiger partial charge in [0.15, 0.2) is 34.1 Å². The number of ether oxygens (including phenoxy) is 7. The van der Waals surface area contributed by atoms with Gasteiger partial charge in [-0.05, 0) is 37.1 Å². The monoisotopic (exact) mass is 718 g/mol. The quantitative estimate of drug-likeness (QED) is 0.340. The van der Waals surface area contributed by atoms with Gasteiger partial charge >= 0.3 is 23.9 Å². The van der Waals surface area contributed by atoms with Gasteiger partial charge in [0.25, 0.3) is 5.97 Å². The molecule has 4 saturated carbocycles. The van der Waals surface area contributed by atoms with Crippen LogP contribution in [0.5, 0.6) is 0 Å². The van der Waals surface area contributed by atoms with Crippen LogP contribution in [0.2, 0.25) is 0 Å². The average Bonchev–Trinajstić information content (AvgIpc) is 3.86. The number of rotatable bonds is 5. The molecule has 5 heterocycles. The molecule has 8 aliphatic rings. The number of esters is 4. The van der Waals surface area contributed by atoms with Gasteiger partial charge in [-0.1, -0.05) is 39.0 Å². The van der Waals surface area contributed by atoms with Gasteiger partial charge in [-0.25, -0.2) is 9.59 Å². The average molecular weight is 719 g/mol. The Morgan fingerprint density at radius 2 is 1.71 bits per heavy atom. The molecule has 13 atom stereocenters. The Bertz CT molecular complexity index is 2010. The first-order chi connectivity index (χ1) is 24.5. The molecule has 7 fully saturated rings. The Morgan fingerprint density at radius 3 is 2.40 bits per heavy atom. The van der Waals surface area contributed by atoms with E-state index >= 15 is 0 Å². The molecular formula is C38H38O14. The number of hydrogen-bond acceptors (Lipinski definition) is 14. The van der Waals surface area contributed by atoms with E-state index in [4.69, 9.17) is 37.6 Å². The van der Waals surface area contributed by atoms with E-state index in [1.54, 1.807) is 64.1 Å². The molecular weight excluding hydrogens is 680 g/mol. The molecule has 0 amide bonds. The van der Waals surface area contributed by atoms with E-state index in [2.05, 4.69) is 0 Å². The molecule has 4 aliphatic heterocycles. The summed E-state index contributed by atoms with van der Waals surface area (Å²) in [6.07, 6.45) is -2.25. The van der Waals surface area contributed by atoms with Crippen molar-refractivity contribution in [1.82, 2.24) is 0 Å². The number of hydrogen-bond donors (Lipinski definition) is 2. The first-order valence-electron chi connectivity index (χ1n) is 17.6. The molecule has 0 radical (unpaired) electrons. The summed E-state index contributed by atoms with van der Waals surface area (Å²) in [5.74, 6) is -6.42. The summed E-state index contributed by atoms with van der Waals surface area (Å²) in [7, 11) is 0. The third-order valence-corrected chi connectivity index (χ3v) is 13.9. The second kappa shape index (κ2) is 9.34. The van der Waals surface area contributed by atoms with E-state index in [1.165, 1.54) is 25.5 Å². The number of benzene rings is 1. The number of carbonyl (C=O) groups excluding carboxylic acids is 4. The van der Waals surface area contributed by atoms with Crippen molar-refractivity contribution in [1.29, 1.82) is 0 Å². The Balaban J connectivity index is 1.31. The lowest BCUT2D eigenvalue weighted by Crippen LogP contribution is -2.96. The fourth-order valence-corrected chi connectivity index (χ4v) is 12.2. The van der Waals surface area contributed by atoms with Crippen LogP contribution in [0.1, 0.15) is 75.9 Å². The van der Waals surface area contributed by atoms with Crippen LogP contribution >= 0.6 is 0 Å². The highest BCUT2D eigenvalue weighted by Gasteiger charge is 3.07. The molecule has 4 aliphatic carbocycles. The number of cyclic esters (lactones) is 1. The summed E-state index contributed by atoms with van der Waals surface area (Å²) in [5.41, 5.74) is -12.4. The van der Waals surface area contributed by atoms with E-state index in [1.807, 2.05) is 0 Å². The van der Waals surface area contributed by atoms with Gasteiger partial charge in [-0.3, -0.25) is 9.59 Å². The second-order valence-electron chi connectivity index (χ2n) is 16.6. The van der Waals surface area contributed by atoms with Crippen molar-refractivity contribution < 1.29 is 67.0 Å². The van der Waals surface area contributed by atoms with Gasteiger partial charge in [0.2, 0.25) is 0 Å². The van der Waals surface area contributed by atoms with Gasteiger partial charge in [-0.2, -0.15) is 0 Å². The van der Waals surface area contributed by atoms with Crippen LogP contribution in [0.25, 0.3) is 0 Å². The Hall–Kier alpha value is -4.08. The van der Waals surface area contributed by atoms with Crippen molar-refractivity contribution in [3.63, 3.8) is 0 Å². The maximum Gasteiger partial charge on any atom is 0.338 e. The molecule has 10 rings (SSSR count). The largest absolute Gasteiger partial charge is 0.472 e. The van der Waals surface area contributed by atoms with Crippen molar-refractivity contribution in [2.24, 2.45) is 22.7 Å². The molecule has 274 valence electrons. The van der Waals surface area contributed by atoms with Gasteiger partial charge in [0.05, 0.1) is 41.9 Å². The van der Waals surface area contributed by atoms with Crippen molar-refractivity contribution >= 4 is 23.9 Å². The van der Waals surface area contributed by atoms with Crippen molar-refractivity contribution in [2.75, 3.05) is 0 Å². The minimum atomic E-state index is -2.47. The van der Waals surface area contributed by atoms with Crippen LogP contribution in [-0.2, 0) is 47.5 Å². The third-order valence-electron chi connectivity index (χ3n) is 13.9. The van der Waals surface area contributed by atoms with Crippen LogP contribution < -0.4 is 0 Å². The highest BCUT2D eigenvalue weighted by Crippen LogP contribution is 2.88. The van der Waals surface area contributed by atoms with E-state index in [0.29, 0.717) is 5.56 Å².